The van der Waals surface area contributed by atoms with Crippen LogP contribution in [0.1, 0.15) is 92.6 Å². The molecule has 1 fully saturated rings. The van der Waals surface area contributed by atoms with Crippen molar-refractivity contribution in [3.63, 3.8) is 0 Å². The van der Waals surface area contributed by atoms with Gasteiger partial charge >= 0.3 is 5.97 Å². The molecule has 0 aromatic heterocycles. The highest BCUT2D eigenvalue weighted by atomic mass is 28.4. The van der Waals surface area contributed by atoms with Crippen molar-refractivity contribution in [3.05, 3.63) is 29.8 Å². The van der Waals surface area contributed by atoms with Gasteiger partial charge in [0.25, 0.3) is 0 Å². The Balaban J connectivity index is 2.27. The number of aliphatic carboxylic acids is 1. The fraction of sp³-hybridized carbons (Fsp3) is 0.750. The molecule has 57 heavy (non-hydrogen) atoms. The van der Waals surface area contributed by atoms with Crippen LogP contribution >= 0.6 is 0 Å². The zero-order valence-corrected chi connectivity index (χ0v) is 38.4. The summed E-state index contributed by atoms with van der Waals surface area (Å²) in [6.07, 6.45) is 0.925. The third-order valence-corrected chi connectivity index (χ3v) is 14.1. The monoisotopic (exact) mass is 818 g/mol. The number of amides is 2. The van der Waals surface area contributed by atoms with Gasteiger partial charge in [-0.3, -0.25) is 28.9 Å². The van der Waals surface area contributed by atoms with E-state index in [1.807, 2.05) is 97.9 Å². The molecule has 324 valence electrons. The summed E-state index contributed by atoms with van der Waals surface area (Å²) in [6.45, 7) is 17.9. The maximum Gasteiger partial charge on any atom is 0.307 e. The first-order chi connectivity index (χ1) is 26.5. The average molecular weight is 818 g/mol. The van der Waals surface area contributed by atoms with E-state index in [1.54, 1.807) is 30.9 Å². The summed E-state index contributed by atoms with van der Waals surface area (Å²) in [4.78, 5) is 84.0. The van der Waals surface area contributed by atoms with Gasteiger partial charge in [0.2, 0.25) is 20.1 Å². The second-order valence-corrected chi connectivity index (χ2v) is 21.6. The van der Waals surface area contributed by atoms with E-state index in [0.717, 1.165) is 23.6 Å². The van der Waals surface area contributed by atoms with E-state index in [1.165, 1.54) is 7.11 Å². The molecule has 0 bridgehead atoms. The molecule has 1 aliphatic heterocycles. The van der Waals surface area contributed by atoms with E-state index < -0.39 is 56.3 Å². The van der Waals surface area contributed by atoms with Gasteiger partial charge in [0, 0.05) is 52.5 Å². The minimum Gasteiger partial charge on any atom is -0.481 e. The molecule has 2 rings (SSSR count). The lowest BCUT2D eigenvalue weighted by atomic mass is 9.83. The van der Waals surface area contributed by atoms with Crippen molar-refractivity contribution in [3.8, 4) is 0 Å². The standard InChI is InChI=1S/C44H75N3O9Si/c1-15-29(6)41(46(10)43(51)34(27(2)3)25-37(49)40(28(4)5)45(8)9)38(55-11)26-39(50)47-22-16-17-35(47)42(56-12)30(7)36(48)24-32(44(52)53)23-31-18-20-33(21-19-31)57(13,14)54/h18-21,27-30,32,34-35,38,40-42,54H,15-17,22-26H2,1-14H3,(H,52,53)/t29-,30-,32+,34-,35-,38+,40-,41?,42+/m1/s1. The number of ether oxygens (including phenoxy) is 2. The molecule has 1 aromatic carbocycles. The number of Topliss-reactive ketones (excluding diaryl/α,β-unsaturated/α-hetero) is 2. The van der Waals surface area contributed by atoms with Gasteiger partial charge in [-0.05, 0) is 75.0 Å². The number of likely N-dealkylation sites (tertiary alicyclic amines) is 1. The first kappa shape index (κ1) is 50.2. The number of carboxylic acid groups (broad SMARTS) is 1. The Hall–Kier alpha value is -2.97. The minimum atomic E-state index is -2.51. The minimum absolute atomic E-state index is 0.00947. The molecule has 2 amide bonds. The lowest BCUT2D eigenvalue weighted by Gasteiger charge is -2.41. The molecule has 0 radical (unpaired) electrons. The summed E-state index contributed by atoms with van der Waals surface area (Å²) >= 11 is 0. The Bertz CT molecular complexity index is 1470. The van der Waals surface area contributed by atoms with Gasteiger partial charge in [-0.25, -0.2) is 0 Å². The normalized spacial score (nSPS) is 19.2. The van der Waals surface area contributed by atoms with Crippen LogP contribution in [0.4, 0.5) is 0 Å². The van der Waals surface area contributed by atoms with Crippen molar-refractivity contribution in [2.24, 2.45) is 35.5 Å². The Labute approximate surface area is 344 Å². The molecule has 0 saturated carbocycles. The molecule has 0 aliphatic carbocycles. The number of ketones is 2. The number of carboxylic acids is 1. The van der Waals surface area contributed by atoms with Gasteiger partial charge in [-0.1, -0.05) is 79.2 Å². The number of nitrogens with zero attached hydrogens (tertiary/aromatic N) is 3. The summed E-state index contributed by atoms with van der Waals surface area (Å²) in [5.41, 5.74) is 0.772. The molecular weight excluding hydrogens is 743 g/mol. The van der Waals surface area contributed by atoms with Crippen LogP contribution < -0.4 is 5.19 Å². The Morgan fingerprint density at radius 3 is 1.93 bits per heavy atom. The summed E-state index contributed by atoms with van der Waals surface area (Å²) in [5, 5.41) is 10.9. The topological polar surface area (TPSA) is 154 Å². The van der Waals surface area contributed by atoms with Crippen molar-refractivity contribution in [2.75, 3.05) is 41.9 Å². The zero-order chi connectivity index (χ0) is 43.5. The van der Waals surface area contributed by atoms with Crippen LogP contribution in [-0.2, 0) is 39.9 Å². The molecule has 12 nitrogen and oxygen atoms in total. The van der Waals surface area contributed by atoms with Crippen molar-refractivity contribution < 1.29 is 43.3 Å². The van der Waals surface area contributed by atoms with E-state index in [0.29, 0.717) is 13.0 Å². The first-order valence-corrected chi connectivity index (χ1v) is 23.8. The van der Waals surface area contributed by atoms with Crippen molar-refractivity contribution in [1.29, 1.82) is 0 Å². The van der Waals surface area contributed by atoms with Crippen LogP contribution in [0.25, 0.3) is 0 Å². The lowest BCUT2D eigenvalue weighted by molar-refractivity contribution is -0.149. The smallest absolute Gasteiger partial charge is 0.307 e. The Morgan fingerprint density at radius 1 is 0.877 bits per heavy atom. The SMILES string of the molecule is CC[C@@H](C)C([C@H](CC(=O)N1CCC[C@@H]1[C@@H](OC)[C@H](C)C(=O)C[C@H](Cc1ccc([Si](C)(C)O)cc1)C(=O)O)OC)N(C)C(=O)[C@H](CC(=O)[C@@H](C(C)C)N(C)C)C(C)C. The van der Waals surface area contributed by atoms with Crippen LogP contribution in [0.2, 0.25) is 13.1 Å². The number of carbonyl (C=O) groups excluding carboxylic acids is 4. The molecule has 0 spiro atoms. The van der Waals surface area contributed by atoms with E-state index in [4.69, 9.17) is 9.47 Å². The van der Waals surface area contributed by atoms with Gasteiger partial charge in [-0.2, -0.15) is 0 Å². The van der Waals surface area contributed by atoms with Crippen molar-refractivity contribution in [2.45, 2.75) is 137 Å². The molecule has 13 heteroatoms. The molecule has 1 heterocycles. The summed E-state index contributed by atoms with van der Waals surface area (Å²) < 4.78 is 12.0. The zero-order valence-electron chi connectivity index (χ0n) is 37.4. The number of benzene rings is 1. The van der Waals surface area contributed by atoms with Crippen LogP contribution in [0.3, 0.4) is 0 Å². The van der Waals surface area contributed by atoms with Crippen LogP contribution in [0.15, 0.2) is 24.3 Å². The van der Waals surface area contributed by atoms with E-state index in [-0.39, 0.29) is 72.9 Å². The Morgan fingerprint density at radius 2 is 1.47 bits per heavy atom. The molecular formula is C44H75N3O9Si. The van der Waals surface area contributed by atoms with E-state index in [9.17, 15) is 33.9 Å². The number of carbonyl (C=O) groups is 5. The van der Waals surface area contributed by atoms with E-state index in [2.05, 4.69) is 0 Å². The first-order valence-electron chi connectivity index (χ1n) is 20.9. The lowest BCUT2D eigenvalue weighted by Crippen LogP contribution is -2.54. The highest BCUT2D eigenvalue weighted by Crippen LogP contribution is 2.32. The summed E-state index contributed by atoms with van der Waals surface area (Å²) in [6, 6.07) is 6.14. The fourth-order valence-corrected chi connectivity index (χ4v) is 9.79. The predicted octanol–water partition coefficient (Wildman–Crippen LogP) is 5.03. The summed E-state index contributed by atoms with van der Waals surface area (Å²) in [5.74, 6) is -3.74. The second kappa shape index (κ2) is 22.4. The number of hydrogen-bond acceptors (Lipinski definition) is 9. The third-order valence-electron chi connectivity index (χ3n) is 12.4. The summed E-state index contributed by atoms with van der Waals surface area (Å²) in [7, 11) is 6.10. The number of methoxy groups -OCH3 is 2. The van der Waals surface area contributed by atoms with Gasteiger partial charge in [-0.15, -0.1) is 0 Å². The fourth-order valence-electron chi connectivity index (χ4n) is 8.81. The maximum absolute atomic E-state index is 14.3. The molecule has 2 N–H and O–H groups in total. The highest BCUT2D eigenvalue weighted by molar-refractivity contribution is 6.83. The van der Waals surface area contributed by atoms with E-state index >= 15 is 0 Å². The van der Waals surface area contributed by atoms with Gasteiger partial charge in [0.15, 0.2) is 5.78 Å². The molecule has 1 saturated heterocycles. The Kier molecular flexibility index (Phi) is 19.7. The van der Waals surface area contributed by atoms with Crippen molar-refractivity contribution in [1.82, 2.24) is 14.7 Å². The number of rotatable bonds is 24. The van der Waals surface area contributed by atoms with Crippen LogP contribution in [0.5, 0.6) is 0 Å². The number of likely N-dealkylation sites (N-methyl/N-ethyl adjacent to an activating group) is 2. The average Bonchev–Trinajstić information content (AvgIpc) is 3.62. The van der Waals surface area contributed by atoms with Gasteiger partial charge in [0.05, 0.1) is 42.7 Å². The quantitative estimate of drug-likeness (QED) is 0.136. The molecule has 1 aliphatic rings. The van der Waals surface area contributed by atoms with Crippen LogP contribution in [0, 0.1) is 35.5 Å². The predicted molar refractivity (Wildman–Crippen MR) is 227 cm³/mol. The highest BCUT2D eigenvalue weighted by Gasteiger charge is 2.43. The molecule has 1 unspecified atom stereocenters. The number of hydrogen-bond donors (Lipinski definition) is 2. The largest absolute Gasteiger partial charge is 0.481 e. The second-order valence-electron chi connectivity index (χ2n) is 17.9. The molecule has 1 aromatic rings. The van der Waals surface area contributed by atoms with Crippen LogP contribution in [-0.4, -0.2) is 135 Å². The molecule has 9 atom stereocenters. The third kappa shape index (κ3) is 13.5. The van der Waals surface area contributed by atoms with Gasteiger partial charge in [0.1, 0.15) is 5.78 Å². The van der Waals surface area contributed by atoms with Gasteiger partial charge < -0.3 is 29.2 Å². The maximum atomic E-state index is 14.3. The van der Waals surface area contributed by atoms with Crippen molar-refractivity contribution >= 4 is 42.9 Å².